The van der Waals surface area contributed by atoms with Crippen molar-refractivity contribution >= 4 is 22.7 Å². The average Bonchev–Trinajstić information content (AvgIpc) is 2.63. The molecule has 6 heteroatoms. The minimum atomic E-state index is -0.204. The van der Waals surface area contributed by atoms with Crippen molar-refractivity contribution < 1.29 is 10.3 Å². The zero-order chi connectivity index (χ0) is 17.6. The van der Waals surface area contributed by atoms with Gasteiger partial charge in [-0.3, -0.25) is 0 Å². The molecule has 0 saturated heterocycles. The molecule has 2 atom stereocenters. The Hall–Kier alpha value is -2.90. The quantitative estimate of drug-likeness (QED) is 0.520. The Morgan fingerprint density at radius 1 is 0.680 bits per heavy atom. The fourth-order valence-electron chi connectivity index (χ4n) is 2.50. The maximum absolute atomic E-state index is 12.4. The minimum Gasteiger partial charge on any atom is -0.603 e. The van der Waals surface area contributed by atoms with Crippen LogP contribution in [0.15, 0.2) is 78.9 Å². The van der Waals surface area contributed by atoms with Gasteiger partial charge in [-0.1, -0.05) is 36.4 Å². The van der Waals surface area contributed by atoms with Crippen LogP contribution in [0, 0.1) is 17.3 Å². The molecule has 0 aliphatic carbocycles. The third-order valence-corrected chi connectivity index (χ3v) is 3.80. The molecular formula is C19H20N4O2. The number of aryl methyl sites for hydroxylation is 1. The van der Waals surface area contributed by atoms with Gasteiger partial charge >= 0.3 is 0 Å². The standard InChI is InChI=1S/C19H20N4O2/c1-15-14-18(22(24)20-16-8-4-2-5-9-16)12-13-19(15)23(25)21-17-10-6-3-7-11-17/h2-14,20-23H,1H3. The number of benzene rings is 3. The van der Waals surface area contributed by atoms with E-state index in [4.69, 9.17) is 0 Å². The molecule has 0 aliphatic rings. The van der Waals surface area contributed by atoms with Crippen LogP contribution in [0.1, 0.15) is 5.56 Å². The van der Waals surface area contributed by atoms with Crippen LogP contribution in [0.4, 0.5) is 22.7 Å². The van der Waals surface area contributed by atoms with Crippen molar-refractivity contribution in [2.45, 2.75) is 6.92 Å². The van der Waals surface area contributed by atoms with E-state index in [-0.39, 0.29) is 10.3 Å². The summed E-state index contributed by atoms with van der Waals surface area (Å²) in [6, 6.07) is 23.6. The fraction of sp³-hybridized carbons (Fsp3) is 0.0526. The van der Waals surface area contributed by atoms with Crippen LogP contribution >= 0.6 is 0 Å². The summed E-state index contributed by atoms with van der Waals surface area (Å²) in [4.78, 5) is 0. The number of para-hydroxylation sites is 2. The van der Waals surface area contributed by atoms with E-state index in [0.717, 1.165) is 16.9 Å². The Balaban J connectivity index is 1.71. The number of rotatable bonds is 6. The monoisotopic (exact) mass is 336 g/mol. The lowest BCUT2D eigenvalue weighted by Crippen LogP contribution is -3.06. The van der Waals surface area contributed by atoms with E-state index in [0.29, 0.717) is 11.4 Å². The highest BCUT2D eigenvalue weighted by Crippen LogP contribution is 2.14. The lowest BCUT2D eigenvalue weighted by molar-refractivity contribution is -0.753. The third kappa shape index (κ3) is 4.34. The summed E-state index contributed by atoms with van der Waals surface area (Å²) in [6.07, 6.45) is 0. The highest BCUT2D eigenvalue weighted by molar-refractivity contribution is 5.49. The molecule has 0 saturated carbocycles. The molecule has 2 unspecified atom stereocenters. The van der Waals surface area contributed by atoms with Crippen LogP contribution in [-0.4, -0.2) is 0 Å². The van der Waals surface area contributed by atoms with Crippen molar-refractivity contribution in [3.8, 4) is 0 Å². The zero-order valence-corrected chi connectivity index (χ0v) is 13.8. The van der Waals surface area contributed by atoms with Gasteiger partial charge in [0.25, 0.3) is 0 Å². The van der Waals surface area contributed by atoms with Crippen molar-refractivity contribution in [2.75, 3.05) is 10.9 Å². The molecule has 128 valence electrons. The molecule has 0 fully saturated rings. The van der Waals surface area contributed by atoms with E-state index in [2.05, 4.69) is 10.9 Å². The smallest absolute Gasteiger partial charge is 0.159 e. The molecule has 3 aromatic rings. The number of hydrogen-bond acceptors (Lipinski definition) is 4. The lowest BCUT2D eigenvalue weighted by Gasteiger charge is -2.26. The molecule has 0 spiro atoms. The van der Waals surface area contributed by atoms with Crippen LogP contribution in [0.25, 0.3) is 0 Å². The van der Waals surface area contributed by atoms with Gasteiger partial charge in [-0.15, -0.1) is 0 Å². The van der Waals surface area contributed by atoms with E-state index in [1.54, 1.807) is 18.2 Å². The van der Waals surface area contributed by atoms with Crippen molar-refractivity contribution in [1.82, 2.24) is 0 Å². The second kappa shape index (κ2) is 7.78. The summed E-state index contributed by atoms with van der Waals surface area (Å²) < 4.78 is 0. The molecular weight excluding hydrogens is 316 g/mol. The molecule has 25 heavy (non-hydrogen) atoms. The molecule has 3 rings (SSSR count). The van der Waals surface area contributed by atoms with Gasteiger partial charge in [-0.2, -0.15) is 0 Å². The Morgan fingerprint density at radius 3 is 1.72 bits per heavy atom. The van der Waals surface area contributed by atoms with Crippen LogP contribution in [-0.2, 0) is 0 Å². The normalized spacial score (nSPS) is 13.1. The Bertz CT molecular complexity index is 812. The highest BCUT2D eigenvalue weighted by atomic mass is 16.5. The SMILES string of the molecule is Cc1cc([NH+]([O-])Nc2ccccc2)ccc1[NH+]([O-])Nc1ccccc1. The first kappa shape index (κ1) is 16.9. The highest BCUT2D eigenvalue weighted by Gasteiger charge is 2.12. The maximum atomic E-state index is 12.4. The second-order valence-electron chi connectivity index (χ2n) is 5.67. The average molecular weight is 336 g/mol. The van der Waals surface area contributed by atoms with Crippen molar-refractivity contribution in [3.05, 3.63) is 94.8 Å². The van der Waals surface area contributed by atoms with Crippen LogP contribution < -0.4 is 21.2 Å². The van der Waals surface area contributed by atoms with Gasteiger partial charge in [0.2, 0.25) is 0 Å². The summed E-state index contributed by atoms with van der Waals surface area (Å²) in [7, 11) is 0. The van der Waals surface area contributed by atoms with Crippen molar-refractivity contribution in [3.63, 3.8) is 0 Å². The summed E-state index contributed by atoms with van der Waals surface area (Å²) >= 11 is 0. The van der Waals surface area contributed by atoms with Crippen LogP contribution in [0.5, 0.6) is 0 Å². The molecule has 0 aliphatic heterocycles. The first-order valence-electron chi connectivity index (χ1n) is 7.97. The van der Waals surface area contributed by atoms with Gasteiger partial charge in [0.15, 0.2) is 11.4 Å². The van der Waals surface area contributed by atoms with Gasteiger partial charge in [0.1, 0.15) is 0 Å². The van der Waals surface area contributed by atoms with Crippen LogP contribution in [0.3, 0.4) is 0 Å². The Kier molecular flexibility index (Phi) is 5.27. The Morgan fingerprint density at radius 2 is 1.20 bits per heavy atom. The van der Waals surface area contributed by atoms with E-state index < -0.39 is 0 Å². The molecule has 6 nitrogen and oxygen atoms in total. The molecule has 0 aromatic heterocycles. The maximum Gasteiger partial charge on any atom is 0.159 e. The summed E-state index contributed by atoms with van der Waals surface area (Å²) in [5, 5.41) is 24.3. The fourth-order valence-corrected chi connectivity index (χ4v) is 2.50. The predicted octanol–water partition coefficient (Wildman–Crippen LogP) is 2.08. The second-order valence-corrected chi connectivity index (χ2v) is 5.67. The third-order valence-electron chi connectivity index (χ3n) is 3.80. The Labute approximate surface area is 146 Å². The van der Waals surface area contributed by atoms with E-state index in [1.807, 2.05) is 67.6 Å². The molecule has 0 heterocycles. The minimum absolute atomic E-state index is 0.196. The number of nitrogens with one attached hydrogen (secondary N) is 4. The first-order valence-corrected chi connectivity index (χ1v) is 7.97. The zero-order valence-electron chi connectivity index (χ0n) is 13.8. The molecule has 3 aromatic carbocycles. The van der Waals surface area contributed by atoms with E-state index in [9.17, 15) is 10.4 Å². The van der Waals surface area contributed by atoms with Gasteiger partial charge in [-0.05, 0) is 31.2 Å². The van der Waals surface area contributed by atoms with Crippen molar-refractivity contribution in [2.24, 2.45) is 0 Å². The lowest BCUT2D eigenvalue weighted by atomic mass is 10.2. The number of quaternary nitrogens is 2. The van der Waals surface area contributed by atoms with Crippen molar-refractivity contribution in [1.29, 1.82) is 0 Å². The summed E-state index contributed by atoms with van der Waals surface area (Å²) in [6.45, 7) is 1.82. The topological polar surface area (TPSA) is 79.1 Å². The largest absolute Gasteiger partial charge is 0.603 e. The van der Waals surface area contributed by atoms with Crippen LogP contribution in [0.2, 0.25) is 0 Å². The molecule has 4 N–H and O–H groups in total. The molecule has 0 amide bonds. The molecule has 0 radical (unpaired) electrons. The predicted molar refractivity (Wildman–Crippen MR) is 99.3 cm³/mol. The number of anilines is 2. The van der Waals surface area contributed by atoms with E-state index >= 15 is 0 Å². The number of hydrogen-bond donors (Lipinski definition) is 4. The summed E-state index contributed by atoms with van der Waals surface area (Å²) in [5.41, 5.74) is 8.95. The van der Waals surface area contributed by atoms with Gasteiger partial charge in [0, 0.05) is 23.8 Å². The van der Waals surface area contributed by atoms with Gasteiger partial charge in [0.05, 0.1) is 11.4 Å². The first-order chi connectivity index (χ1) is 12.1. The molecule has 0 bridgehead atoms. The van der Waals surface area contributed by atoms with Gasteiger partial charge < -0.3 is 10.4 Å². The van der Waals surface area contributed by atoms with E-state index in [1.165, 1.54) is 0 Å². The summed E-state index contributed by atoms with van der Waals surface area (Å²) in [5.74, 6) is 0. The van der Waals surface area contributed by atoms with Gasteiger partial charge in [-0.25, -0.2) is 21.2 Å².